The second kappa shape index (κ2) is 10.7. The monoisotopic (exact) mass is 559 g/mol. The fraction of sp³-hybridized carbons (Fsp3) is 0.160. The second-order valence-corrected chi connectivity index (χ2v) is 10.7. The van der Waals surface area contributed by atoms with Crippen molar-refractivity contribution in [1.82, 2.24) is 14.1 Å². The Morgan fingerprint density at radius 3 is 2.55 bits per heavy atom. The topological polar surface area (TPSA) is 124 Å². The van der Waals surface area contributed by atoms with Gasteiger partial charge in [0.25, 0.3) is 11.5 Å². The van der Waals surface area contributed by atoms with Crippen LogP contribution >= 0.6 is 11.6 Å². The van der Waals surface area contributed by atoms with Crippen molar-refractivity contribution in [2.24, 2.45) is 14.1 Å². The van der Waals surface area contributed by atoms with Gasteiger partial charge in [0.1, 0.15) is 18.1 Å². The lowest BCUT2D eigenvalue weighted by Crippen LogP contribution is -2.15. The van der Waals surface area contributed by atoms with E-state index in [-0.39, 0.29) is 39.9 Å². The number of carbonyl (C=O) groups excluding carboxylic acids is 1. The van der Waals surface area contributed by atoms with E-state index in [0.717, 1.165) is 12.5 Å². The first-order valence-electron chi connectivity index (χ1n) is 11.1. The minimum Gasteiger partial charge on any atom is -0.486 e. The summed E-state index contributed by atoms with van der Waals surface area (Å²) in [5.74, 6) is -0.978. The van der Waals surface area contributed by atoms with Crippen molar-refractivity contribution in [3.05, 3.63) is 93.4 Å². The predicted octanol–water partition coefficient (Wildman–Crippen LogP) is 3.78. The second-order valence-electron chi connectivity index (χ2n) is 8.55. The molecule has 4 rings (SSSR count). The van der Waals surface area contributed by atoms with Gasteiger partial charge in [0.05, 0.1) is 29.4 Å². The SMILES string of the molecule is Cn1cc(C(=O)Nc2cc(Cl)cc(NS(C)(=O)=O)c2)cc1-c1ncc(F)cc1OCc1ccn(C)c(=O)c1. The number of benzene rings is 1. The first-order chi connectivity index (χ1) is 17.9. The fourth-order valence-corrected chi connectivity index (χ4v) is 4.41. The van der Waals surface area contributed by atoms with E-state index in [4.69, 9.17) is 16.3 Å². The summed E-state index contributed by atoms with van der Waals surface area (Å²) in [5.41, 5.74) is 1.87. The summed E-state index contributed by atoms with van der Waals surface area (Å²) in [6, 6.07) is 10.2. The van der Waals surface area contributed by atoms with Crippen molar-refractivity contribution in [3.63, 3.8) is 0 Å². The van der Waals surface area contributed by atoms with Crippen molar-refractivity contribution in [3.8, 4) is 17.1 Å². The summed E-state index contributed by atoms with van der Waals surface area (Å²) in [6.45, 7) is 0.00456. The lowest BCUT2D eigenvalue weighted by molar-refractivity contribution is 0.102. The number of nitrogens with one attached hydrogen (secondary N) is 2. The molecule has 0 saturated heterocycles. The molecule has 3 aromatic heterocycles. The van der Waals surface area contributed by atoms with E-state index in [1.54, 1.807) is 43.2 Å². The molecule has 0 bridgehead atoms. The highest BCUT2D eigenvalue weighted by Gasteiger charge is 2.18. The fourth-order valence-electron chi connectivity index (χ4n) is 3.63. The van der Waals surface area contributed by atoms with Gasteiger partial charge in [0, 0.05) is 49.3 Å². The number of ether oxygens (including phenoxy) is 1. The first kappa shape index (κ1) is 26.9. The molecule has 13 heteroatoms. The molecule has 0 aliphatic heterocycles. The number of halogens is 2. The molecule has 10 nitrogen and oxygen atoms in total. The Morgan fingerprint density at radius 2 is 1.84 bits per heavy atom. The maximum absolute atomic E-state index is 14.0. The van der Waals surface area contributed by atoms with E-state index in [9.17, 15) is 22.4 Å². The molecule has 4 aromatic rings. The van der Waals surface area contributed by atoms with Crippen LogP contribution in [0.15, 0.2) is 65.8 Å². The minimum atomic E-state index is -3.54. The van der Waals surface area contributed by atoms with Crippen LogP contribution in [-0.4, -0.2) is 34.7 Å². The number of anilines is 2. The average Bonchev–Trinajstić information content (AvgIpc) is 3.20. The van der Waals surface area contributed by atoms with Crippen LogP contribution in [0.3, 0.4) is 0 Å². The normalized spacial score (nSPS) is 11.3. The summed E-state index contributed by atoms with van der Waals surface area (Å²) in [7, 11) is -0.228. The smallest absolute Gasteiger partial charge is 0.257 e. The Bertz CT molecular complexity index is 1700. The van der Waals surface area contributed by atoms with Gasteiger partial charge in [0.15, 0.2) is 5.75 Å². The molecular weight excluding hydrogens is 537 g/mol. The number of hydrogen-bond donors (Lipinski definition) is 2. The molecule has 0 aliphatic carbocycles. The Labute approximate surface area is 222 Å². The zero-order valence-electron chi connectivity index (χ0n) is 20.5. The predicted molar refractivity (Wildman–Crippen MR) is 142 cm³/mol. The van der Waals surface area contributed by atoms with E-state index in [2.05, 4.69) is 15.0 Å². The zero-order valence-corrected chi connectivity index (χ0v) is 22.1. The number of rotatable bonds is 8. The van der Waals surface area contributed by atoms with Crippen molar-refractivity contribution in [2.75, 3.05) is 16.3 Å². The molecule has 38 heavy (non-hydrogen) atoms. The largest absolute Gasteiger partial charge is 0.486 e. The lowest BCUT2D eigenvalue weighted by Gasteiger charge is -2.12. The van der Waals surface area contributed by atoms with Crippen LogP contribution in [0.4, 0.5) is 15.8 Å². The first-order valence-corrected chi connectivity index (χ1v) is 13.4. The molecule has 0 unspecified atom stereocenters. The van der Waals surface area contributed by atoms with Crippen LogP contribution in [0.2, 0.25) is 5.02 Å². The molecule has 0 aliphatic rings. The minimum absolute atomic E-state index is 0.00456. The molecule has 2 N–H and O–H groups in total. The summed E-state index contributed by atoms with van der Waals surface area (Å²) in [5, 5.41) is 2.90. The van der Waals surface area contributed by atoms with Gasteiger partial charge in [0.2, 0.25) is 10.0 Å². The molecule has 198 valence electrons. The number of aryl methyl sites for hydroxylation is 2. The van der Waals surface area contributed by atoms with Crippen molar-refractivity contribution in [1.29, 1.82) is 0 Å². The van der Waals surface area contributed by atoms with Gasteiger partial charge in [-0.2, -0.15) is 0 Å². The van der Waals surface area contributed by atoms with Gasteiger partial charge in [-0.1, -0.05) is 11.6 Å². The number of pyridine rings is 2. The molecule has 1 aromatic carbocycles. The van der Waals surface area contributed by atoms with Crippen LogP contribution < -0.4 is 20.3 Å². The van der Waals surface area contributed by atoms with Gasteiger partial charge < -0.3 is 19.2 Å². The molecule has 1 amide bonds. The highest BCUT2D eigenvalue weighted by Crippen LogP contribution is 2.31. The van der Waals surface area contributed by atoms with E-state index < -0.39 is 21.7 Å². The zero-order chi connectivity index (χ0) is 27.6. The van der Waals surface area contributed by atoms with E-state index >= 15 is 0 Å². The maximum atomic E-state index is 14.0. The molecule has 0 saturated carbocycles. The Morgan fingerprint density at radius 1 is 1.11 bits per heavy atom. The van der Waals surface area contributed by atoms with Crippen molar-refractivity contribution >= 4 is 38.9 Å². The van der Waals surface area contributed by atoms with Gasteiger partial charge in [-0.3, -0.25) is 14.3 Å². The third-order valence-electron chi connectivity index (χ3n) is 5.35. The third-order valence-corrected chi connectivity index (χ3v) is 6.18. The Hall–Kier alpha value is -4.16. The number of nitrogens with zero attached hydrogens (tertiary/aromatic N) is 3. The van der Waals surface area contributed by atoms with Gasteiger partial charge in [-0.15, -0.1) is 0 Å². The summed E-state index contributed by atoms with van der Waals surface area (Å²) >= 11 is 6.08. The average molecular weight is 560 g/mol. The van der Waals surface area contributed by atoms with Crippen LogP contribution in [0.5, 0.6) is 5.75 Å². The quantitative estimate of drug-likeness (QED) is 0.338. The molecule has 0 radical (unpaired) electrons. The summed E-state index contributed by atoms with van der Waals surface area (Å²) in [4.78, 5) is 29.0. The summed E-state index contributed by atoms with van der Waals surface area (Å²) < 4.78 is 48.3. The summed E-state index contributed by atoms with van der Waals surface area (Å²) in [6.07, 6.45) is 5.20. The Balaban J connectivity index is 1.58. The van der Waals surface area contributed by atoms with Crippen molar-refractivity contribution < 1.29 is 22.3 Å². The van der Waals surface area contributed by atoms with E-state index in [0.29, 0.717) is 17.0 Å². The lowest BCUT2D eigenvalue weighted by atomic mass is 10.2. The maximum Gasteiger partial charge on any atom is 0.257 e. The molecule has 0 atom stereocenters. The van der Waals surface area contributed by atoms with Gasteiger partial charge in [-0.25, -0.2) is 17.8 Å². The van der Waals surface area contributed by atoms with Crippen LogP contribution in [0.25, 0.3) is 11.4 Å². The van der Waals surface area contributed by atoms with E-state index in [1.807, 2.05) is 0 Å². The number of aromatic nitrogens is 3. The van der Waals surface area contributed by atoms with E-state index in [1.165, 1.54) is 34.9 Å². The van der Waals surface area contributed by atoms with Crippen LogP contribution in [-0.2, 0) is 30.7 Å². The standard InChI is InChI=1S/C25H23ClFN5O5S/c1-31-5-4-15(6-23(31)33)14-37-22-10-18(27)12-28-24(22)21-7-16(13-32(21)2)25(34)29-19-8-17(26)9-20(11-19)30-38(3,35)36/h4-13,30H,14H2,1-3H3,(H,29,34). The Kier molecular flexibility index (Phi) is 7.56. The van der Waals surface area contributed by atoms with Gasteiger partial charge >= 0.3 is 0 Å². The number of amides is 1. The van der Waals surface area contributed by atoms with Crippen LogP contribution in [0.1, 0.15) is 15.9 Å². The number of sulfonamides is 1. The van der Waals surface area contributed by atoms with Crippen LogP contribution in [0, 0.1) is 5.82 Å². The third kappa shape index (κ3) is 6.58. The highest BCUT2D eigenvalue weighted by atomic mass is 35.5. The molecular formula is C25H23ClFN5O5S. The highest BCUT2D eigenvalue weighted by molar-refractivity contribution is 7.92. The number of carbonyl (C=O) groups is 1. The van der Waals surface area contributed by atoms with Gasteiger partial charge in [-0.05, 0) is 35.9 Å². The molecule has 0 fully saturated rings. The number of hydrogen-bond acceptors (Lipinski definition) is 6. The molecule has 3 heterocycles. The molecule has 0 spiro atoms. The van der Waals surface area contributed by atoms with Crippen molar-refractivity contribution in [2.45, 2.75) is 6.61 Å².